The maximum absolute atomic E-state index is 12.2. The second kappa shape index (κ2) is 5.14. The van der Waals surface area contributed by atoms with E-state index >= 15 is 0 Å². The summed E-state index contributed by atoms with van der Waals surface area (Å²) in [7, 11) is 0. The molecule has 1 aromatic carbocycles. The van der Waals surface area contributed by atoms with Crippen LogP contribution in [0.4, 0.5) is 0 Å². The molecule has 3 rings (SSSR count). The molecular formula is C16H14ClNO. The Bertz CT molecular complexity index is 636. The number of pyridine rings is 1. The molecule has 3 heteroatoms. The van der Waals surface area contributed by atoms with Crippen LogP contribution in [0.2, 0.25) is 5.02 Å². The number of fused-ring (bicyclic) bond motifs is 1. The maximum Gasteiger partial charge on any atom is 0.168 e. The summed E-state index contributed by atoms with van der Waals surface area (Å²) < 4.78 is 0. The molecule has 0 fully saturated rings. The minimum atomic E-state index is 0.0466. The van der Waals surface area contributed by atoms with Gasteiger partial charge in [-0.3, -0.25) is 9.78 Å². The number of benzene rings is 1. The van der Waals surface area contributed by atoms with Crippen LogP contribution in [0.5, 0.6) is 0 Å². The Hall–Kier alpha value is -1.67. The second-order valence-electron chi connectivity index (χ2n) is 4.91. The molecule has 1 aliphatic rings. The van der Waals surface area contributed by atoms with Crippen molar-refractivity contribution in [2.75, 3.05) is 0 Å². The van der Waals surface area contributed by atoms with Gasteiger partial charge in [-0.1, -0.05) is 29.8 Å². The van der Waals surface area contributed by atoms with Crippen LogP contribution >= 0.6 is 11.6 Å². The van der Waals surface area contributed by atoms with Crippen LogP contribution in [-0.4, -0.2) is 10.8 Å². The third kappa shape index (κ3) is 2.54. The number of carbonyl (C=O) groups is 1. The lowest BCUT2D eigenvalue weighted by molar-refractivity contribution is 0.0993. The van der Waals surface area contributed by atoms with E-state index in [1.165, 1.54) is 30.2 Å². The van der Waals surface area contributed by atoms with Crippen LogP contribution in [-0.2, 0) is 19.3 Å². The molecule has 1 heterocycles. The van der Waals surface area contributed by atoms with Gasteiger partial charge in [0.25, 0.3) is 0 Å². The number of aryl methyl sites for hydroxylation is 2. The van der Waals surface area contributed by atoms with E-state index in [1.807, 2.05) is 0 Å². The van der Waals surface area contributed by atoms with Gasteiger partial charge >= 0.3 is 0 Å². The molecule has 96 valence electrons. The van der Waals surface area contributed by atoms with Crippen molar-refractivity contribution < 1.29 is 4.79 Å². The number of nitrogens with zero attached hydrogens (tertiary/aromatic N) is 1. The number of carbonyl (C=O) groups excluding carboxylic acids is 1. The quantitative estimate of drug-likeness (QED) is 0.798. The zero-order valence-electron chi connectivity index (χ0n) is 10.5. The average Bonchev–Trinajstić information content (AvgIpc) is 2.86. The van der Waals surface area contributed by atoms with Crippen molar-refractivity contribution >= 4 is 17.4 Å². The fraction of sp³-hybridized carbons (Fsp3) is 0.250. The summed E-state index contributed by atoms with van der Waals surface area (Å²) in [5.41, 5.74) is 4.44. The standard InChI is InChI=1S/C16H14ClNO/c17-15-10-18-7-6-14(15)16(19)9-11-4-5-12-2-1-3-13(12)8-11/h4-8,10H,1-3,9H2. The van der Waals surface area contributed by atoms with E-state index in [0.29, 0.717) is 17.0 Å². The third-order valence-electron chi connectivity index (χ3n) is 3.60. The Morgan fingerprint density at radius 3 is 2.89 bits per heavy atom. The number of hydrogen-bond donors (Lipinski definition) is 0. The number of Topliss-reactive ketones (excluding diaryl/α,β-unsaturated/α-hetero) is 1. The topological polar surface area (TPSA) is 30.0 Å². The van der Waals surface area contributed by atoms with Gasteiger partial charge < -0.3 is 0 Å². The molecule has 1 aromatic heterocycles. The lowest BCUT2D eigenvalue weighted by Gasteiger charge is -2.05. The van der Waals surface area contributed by atoms with Crippen LogP contribution in [0, 0.1) is 0 Å². The van der Waals surface area contributed by atoms with Gasteiger partial charge in [0.05, 0.1) is 5.02 Å². The van der Waals surface area contributed by atoms with Crippen molar-refractivity contribution in [2.24, 2.45) is 0 Å². The molecule has 0 N–H and O–H groups in total. The van der Waals surface area contributed by atoms with Gasteiger partial charge in [0.15, 0.2) is 5.78 Å². The Morgan fingerprint density at radius 2 is 2.05 bits per heavy atom. The number of hydrogen-bond acceptors (Lipinski definition) is 2. The predicted molar refractivity (Wildman–Crippen MR) is 75.7 cm³/mol. The SMILES string of the molecule is O=C(Cc1ccc2c(c1)CCC2)c1ccncc1Cl. The summed E-state index contributed by atoms with van der Waals surface area (Å²) in [6, 6.07) is 8.05. The number of aromatic nitrogens is 1. The number of ketones is 1. The molecule has 0 aliphatic heterocycles. The van der Waals surface area contributed by atoms with Crippen LogP contribution in [0.15, 0.2) is 36.7 Å². The summed E-state index contributed by atoms with van der Waals surface area (Å²) in [4.78, 5) is 16.1. The Kier molecular flexibility index (Phi) is 3.34. The highest BCUT2D eigenvalue weighted by molar-refractivity contribution is 6.33. The van der Waals surface area contributed by atoms with Gasteiger partial charge in [-0.25, -0.2) is 0 Å². The summed E-state index contributed by atoms with van der Waals surface area (Å²) in [5.74, 6) is 0.0466. The largest absolute Gasteiger partial charge is 0.294 e. The first-order valence-corrected chi connectivity index (χ1v) is 6.85. The molecule has 0 atom stereocenters. The molecule has 2 aromatic rings. The summed E-state index contributed by atoms with van der Waals surface area (Å²) in [6.45, 7) is 0. The van der Waals surface area contributed by atoms with E-state index in [-0.39, 0.29) is 5.78 Å². The zero-order valence-corrected chi connectivity index (χ0v) is 11.3. The molecule has 0 radical (unpaired) electrons. The maximum atomic E-state index is 12.2. The molecule has 1 aliphatic carbocycles. The molecule has 0 saturated heterocycles. The van der Waals surface area contributed by atoms with Gasteiger partial charge in [0.2, 0.25) is 0 Å². The molecule has 0 spiro atoms. The normalized spacial score (nSPS) is 13.3. The van der Waals surface area contributed by atoms with Crippen LogP contribution in [0.1, 0.15) is 33.5 Å². The number of halogens is 1. The first kappa shape index (κ1) is 12.4. The number of rotatable bonds is 3. The van der Waals surface area contributed by atoms with Crippen molar-refractivity contribution in [3.63, 3.8) is 0 Å². The monoisotopic (exact) mass is 271 g/mol. The fourth-order valence-corrected chi connectivity index (χ4v) is 2.84. The van der Waals surface area contributed by atoms with E-state index < -0.39 is 0 Å². The molecule has 2 nitrogen and oxygen atoms in total. The van der Waals surface area contributed by atoms with Crippen LogP contribution in [0.25, 0.3) is 0 Å². The second-order valence-corrected chi connectivity index (χ2v) is 5.32. The molecule has 0 unspecified atom stereocenters. The summed E-state index contributed by atoms with van der Waals surface area (Å²) in [5, 5.41) is 0.425. The minimum Gasteiger partial charge on any atom is -0.294 e. The van der Waals surface area contributed by atoms with Gasteiger partial charge in [-0.15, -0.1) is 0 Å². The summed E-state index contributed by atoms with van der Waals surface area (Å²) >= 11 is 6.00. The molecule has 0 saturated carbocycles. The zero-order chi connectivity index (χ0) is 13.2. The van der Waals surface area contributed by atoms with Crippen molar-refractivity contribution in [2.45, 2.75) is 25.7 Å². The van der Waals surface area contributed by atoms with Crippen LogP contribution < -0.4 is 0 Å². The highest BCUT2D eigenvalue weighted by Gasteiger charge is 2.14. The average molecular weight is 272 g/mol. The lowest BCUT2D eigenvalue weighted by Crippen LogP contribution is -2.05. The minimum absolute atomic E-state index is 0.0466. The van der Waals surface area contributed by atoms with E-state index in [9.17, 15) is 4.79 Å². The first-order valence-electron chi connectivity index (χ1n) is 6.47. The smallest absolute Gasteiger partial charge is 0.168 e. The first-order chi connectivity index (χ1) is 9.24. The van der Waals surface area contributed by atoms with E-state index in [1.54, 1.807) is 12.3 Å². The van der Waals surface area contributed by atoms with E-state index in [0.717, 1.165) is 12.0 Å². The Balaban J connectivity index is 1.82. The van der Waals surface area contributed by atoms with Gasteiger partial charge in [-0.2, -0.15) is 0 Å². The van der Waals surface area contributed by atoms with Crippen molar-refractivity contribution in [3.05, 3.63) is 63.9 Å². The van der Waals surface area contributed by atoms with Crippen molar-refractivity contribution in [3.8, 4) is 0 Å². The lowest BCUT2D eigenvalue weighted by atomic mass is 10.00. The van der Waals surface area contributed by atoms with Gasteiger partial charge in [-0.05, 0) is 42.0 Å². The van der Waals surface area contributed by atoms with E-state index in [4.69, 9.17) is 11.6 Å². The highest BCUT2D eigenvalue weighted by atomic mass is 35.5. The molecule has 19 heavy (non-hydrogen) atoms. The Labute approximate surface area is 117 Å². The van der Waals surface area contributed by atoms with E-state index in [2.05, 4.69) is 23.2 Å². The predicted octanol–water partition coefficient (Wildman–Crippen LogP) is 3.65. The molecular weight excluding hydrogens is 258 g/mol. The Morgan fingerprint density at radius 1 is 1.21 bits per heavy atom. The van der Waals surface area contributed by atoms with Crippen LogP contribution in [0.3, 0.4) is 0 Å². The third-order valence-corrected chi connectivity index (χ3v) is 3.90. The molecule has 0 bridgehead atoms. The van der Waals surface area contributed by atoms with Crippen molar-refractivity contribution in [1.29, 1.82) is 0 Å². The fourth-order valence-electron chi connectivity index (χ4n) is 2.62. The summed E-state index contributed by atoms with van der Waals surface area (Å²) in [6.07, 6.45) is 7.03. The molecule has 0 amide bonds. The van der Waals surface area contributed by atoms with Gasteiger partial charge in [0, 0.05) is 24.4 Å². The van der Waals surface area contributed by atoms with Gasteiger partial charge in [0.1, 0.15) is 0 Å². The highest BCUT2D eigenvalue weighted by Crippen LogP contribution is 2.24. The van der Waals surface area contributed by atoms with Crippen molar-refractivity contribution in [1.82, 2.24) is 4.98 Å².